The highest BCUT2D eigenvalue weighted by Gasteiger charge is 2.31. The van der Waals surface area contributed by atoms with Crippen LogP contribution >= 0.6 is 11.6 Å². The van der Waals surface area contributed by atoms with Crippen LogP contribution in [0.25, 0.3) is 0 Å². The molecule has 1 aromatic carbocycles. The fourth-order valence-corrected chi connectivity index (χ4v) is 1.46. The number of benzene rings is 1. The van der Waals surface area contributed by atoms with Crippen LogP contribution in [0.1, 0.15) is 18.6 Å². The molecule has 3 nitrogen and oxygen atoms in total. The van der Waals surface area contributed by atoms with Crippen molar-refractivity contribution in [1.29, 1.82) is 0 Å². The molecule has 3 N–H and O–H groups in total. The molecular weight excluding hydrogens is 259 g/mol. The summed E-state index contributed by atoms with van der Waals surface area (Å²) in [6, 6.07) is 2.63. The van der Waals surface area contributed by atoms with E-state index >= 15 is 0 Å². The van der Waals surface area contributed by atoms with Crippen molar-refractivity contribution in [2.75, 3.05) is 0 Å². The third kappa shape index (κ3) is 4.07. The summed E-state index contributed by atoms with van der Waals surface area (Å²) in [6.45, 7) is 1.51. The van der Waals surface area contributed by atoms with E-state index in [0.717, 1.165) is 12.1 Å². The van der Waals surface area contributed by atoms with Gasteiger partial charge in [0.1, 0.15) is 5.75 Å². The summed E-state index contributed by atoms with van der Waals surface area (Å²) in [5, 5.41) is 9.78. The maximum absolute atomic E-state index is 12.0. The Kier molecular flexibility index (Phi) is 4.24. The quantitative estimate of drug-likeness (QED) is 0.887. The van der Waals surface area contributed by atoms with E-state index in [1.807, 2.05) is 0 Å². The Morgan fingerprint density at radius 2 is 2.00 bits per heavy atom. The van der Waals surface area contributed by atoms with Crippen molar-refractivity contribution in [3.05, 3.63) is 28.8 Å². The number of hydrogen-bond donors (Lipinski definition) is 2. The van der Waals surface area contributed by atoms with E-state index in [9.17, 15) is 18.3 Å². The summed E-state index contributed by atoms with van der Waals surface area (Å²) in [5.74, 6) is -0.448. The molecule has 7 heteroatoms. The van der Waals surface area contributed by atoms with Gasteiger partial charge in [0.25, 0.3) is 0 Å². The molecule has 0 saturated heterocycles. The average molecular weight is 270 g/mol. The van der Waals surface area contributed by atoms with Gasteiger partial charge in [0, 0.05) is 16.6 Å². The molecule has 0 unspecified atom stereocenters. The van der Waals surface area contributed by atoms with Gasteiger partial charge in [-0.25, -0.2) is 0 Å². The standard InChI is InChI=1S/C10H11ClF3NO2/c1-5(15)9(16)7-4-6(2-3-8(7)11)17-10(12,13)14/h2-5,9,16H,15H2,1H3/t5-,9-/m1/s1. The van der Waals surface area contributed by atoms with Crippen LogP contribution in [-0.2, 0) is 0 Å². The highest BCUT2D eigenvalue weighted by Crippen LogP contribution is 2.31. The van der Waals surface area contributed by atoms with Gasteiger partial charge in [0.05, 0.1) is 6.10 Å². The zero-order chi connectivity index (χ0) is 13.2. The third-order valence-electron chi connectivity index (χ3n) is 2.02. The predicted molar refractivity (Wildman–Crippen MR) is 56.7 cm³/mol. The van der Waals surface area contributed by atoms with Gasteiger partial charge in [0.2, 0.25) is 0 Å². The van der Waals surface area contributed by atoms with E-state index in [-0.39, 0.29) is 10.6 Å². The molecule has 1 aromatic rings. The summed E-state index contributed by atoms with van der Waals surface area (Å²) in [7, 11) is 0. The van der Waals surface area contributed by atoms with Crippen molar-refractivity contribution in [2.24, 2.45) is 5.73 Å². The number of rotatable bonds is 3. The van der Waals surface area contributed by atoms with E-state index in [0.29, 0.717) is 0 Å². The minimum atomic E-state index is -4.79. The van der Waals surface area contributed by atoms with Gasteiger partial charge < -0.3 is 15.6 Å². The number of aliphatic hydroxyl groups is 1. The lowest BCUT2D eigenvalue weighted by atomic mass is 10.0. The van der Waals surface area contributed by atoms with Crippen molar-refractivity contribution >= 4 is 11.6 Å². The number of aliphatic hydroxyl groups excluding tert-OH is 1. The molecule has 2 atom stereocenters. The van der Waals surface area contributed by atoms with E-state index < -0.39 is 24.3 Å². The Balaban J connectivity index is 3.02. The molecule has 1 rings (SSSR count). The molecule has 0 heterocycles. The van der Waals surface area contributed by atoms with Crippen LogP contribution in [0.4, 0.5) is 13.2 Å². The number of hydrogen-bond acceptors (Lipinski definition) is 3. The molecule has 0 aromatic heterocycles. The molecule has 0 spiro atoms. The van der Waals surface area contributed by atoms with Gasteiger partial charge in [0.15, 0.2) is 0 Å². The first-order valence-electron chi connectivity index (χ1n) is 4.69. The zero-order valence-electron chi connectivity index (χ0n) is 8.83. The lowest BCUT2D eigenvalue weighted by molar-refractivity contribution is -0.274. The Bertz CT molecular complexity index is 396. The number of halogens is 4. The first-order chi connectivity index (χ1) is 7.70. The normalized spacial score (nSPS) is 15.5. The summed E-state index contributed by atoms with van der Waals surface area (Å²) in [4.78, 5) is 0. The average Bonchev–Trinajstić information content (AvgIpc) is 2.17. The van der Waals surface area contributed by atoms with Gasteiger partial charge in [-0.15, -0.1) is 13.2 Å². The second-order valence-electron chi connectivity index (χ2n) is 3.54. The molecule has 0 aliphatic rings. The van der Waals surface area contributed by atoms with Gasteiger partial charge >= 0.3 is 6.36 Å². The van der Waals surface area contributed by atoms with Crippen LogP contribution in [0.5, 0.6) is 5.75 Å². The maximum atomic E-state index is 12.0. The van der Waals surface area contributed by atoms with Gasteiger partial charge in [-0.1, -0.05) is 11.6 Å². The van der Waals surface area contributed by atoms with E-state index in [4.69, 9.17) is 17.3 Å². The molecule has 17 heavy (non-hydrogen) atoms. The van der Waals surface area contributed by atoms with Gasteiger partial charge in [-0.2, -0.15) is 0 Å². The fourth-order valence-electron chi connectivity index (χ4n) is 1.23. The van der Waals surface area contributed by atoms with Gasteiger partial charge in [-0.3, -0.25) is 0 Å². The molecule has 0 bridgehead atoms. The highest BCUT2D eigenvalue weighted by molar-refractivity contribution is 6.31. The summed E-state index contributed by atoms with van der Waals surface area (Å²) in [6.07, 6.45) is -5.94. The predicted octanol–water partition coefficient (Wildman–Crippen LogP) is 2.62. The number of ether oxygens (including phenoxy) is 1. The smallest absolute Gasteiger partial charge is 0.406 e. The van der Waals surface area contributed by atoms with Crippen molar-refractivity contribution in [2.45, 2.75) is 25.4 Å². The topological polar surface area (TPSA) is 55.5 Å². The van der Waals surface area contributed by atoms with Crippen LogP contribution < -0.4 is 10.5 Å². The molecule has 0 radical (unpaired) electrons. The van der Waals surface area contributed by atoms with Gasteiger partial charge in [-0.05, 0) is 25.1 Å². The number of nitrogens with two attached hydrogens (primary N) is 1. The first kappa shape index (κ1) is 14.1. The summed E-state index contributed by atoms with van der Waals surface area (Å²) < 4.78 is 39.7. The fraction of sp³-hybridized carbons (Fsp3) is 0.400. The van der Waals surface area contributed by atoms with Crippen LogP contribution in [0, 0.1) is 0 Å². The molecule has 0 aliphatic heterocycles. The van der Waals surface area contributed by atoms with E-state index in [1.54, 1.807) is 0 Å². The SMILES string of the molecule is C[C@@H](N)[C@@H](O)c1cc(OC(F)(F)F)ccc1Cl. The minimum Gasteiger partial charge on any atom is -0.406 e. The van der Waals surface area contributed by atoms with Crippen LogP contribution in [0.15, 0.2) is 18.2 Å². The largest absolute Gasteiger partial charge is 0.573 e. The summed E-state index contributed by atoms with van der Waals surface area (Å²) >= 11 is 5.75. The highest BCUT2D eigenvalue weighted by atomic mass is 35.5. The van der Waals surface area contributed by atoms with E-state index in [1.165, 1.54) is 13.0 Å². The zero-order valence-corrected chi connectivity index (χ0v) is 9.59. The summed E-state index contributed by atoms with van der Waals surface area (Å²) in [5.41, 5.74) is 5.54. The molecular formula is C10H11ClF3NO2. The number of alkyl halides is 3. The Morgan fingerprint density at radius 1 is 1.41 bits per heavy atom. The van der Waals surface area contributed by atoms with Crippen molar-refractivity contribution < 1.29 is 23.0 Å². The second-order valence-corrected chi connectivity index (χ2v) is 3.94. The Labute approximate surface area is 101 Å². The monoisotopic (exact) mass is 269 g/mol. The lowest BCUT2D eigenvalue weighted by Gasteiger charge is -2.17. The van der Waals surface area contributed by atoms with Crippen molar-refractivity contribution in [3.63, 3.8) is 0 Å². The first-order valence-corrected chi connectivity index (χ1v) is 5.07. The van der Waals surface area contributed by atoms with Crippen molar-refractivity contribution in [1.82, 2.24) is 0 Å². The van der Waals surface area contributed by atoms with Crippen LogP contribution in [-0.4, -0.2) is 17.5 Å². The Hall–Kier alpha value is -0.980. The van der Waals surface area contributed by atoms with E-state index in [2.05, 4.69) is 4.74 Å². The molecule has 0 amide bonds. The molecule has 0 fully saturated rings. The molecule has 96 valence electrons. The second kappa shape index (κ2) is 5.12. The minimum absolute atomic E-state index is 0.100. The Morgan fingerprint density at radius 3 is 2.47 bits per heavy atom. The maximum Gasteiger partial charge on any atom is 0.573 e. The van der Waals surface area contributed by atoms with Crippen LogP contribution in [0.2, 0.25) is 5.02 Å². The third-order valence-corrected chi connectivity index (χ3v) is 2.36. The molecule has 0 aliphatic carbocycles. The van der Waals surface area contributed by atoms with Crippen molar-refractivity contribution in [3.8, 4) is 5.75 Å². The lowest BCUT2D eigenvalue weighted by Crippen LogP contribution is -2.25. The van der Waals surface area contributed by atoms with Crippen LogP contribution in [0.3, 0.4) is 0 Å². The molecule has 0 saturated carbocycles.